The molecule has 0 bridgehead atoms. The first-order valence-corrected chi connectivity index (χ1v) is 8.09. The second-order valence-corrected chi connectivity index (χ2v) is 6.37. The van der Waals surface area contributed by atoms with Gasteiger partial charge in [0, 0.05) is 28.7 Å². The van der Waals surface area contributed by atoms with E-state index < -0.39 is 5.91 Å². The van der Waals surface area contributed by atoms with Gasteiger partial charge in [-0.1, -0.05) is 23.2 Å². The first-order chi connectivity index (χ1) is 11.5. The van der Waals surface area contributed by atoms with Crippen molar-refractivity contribution in [2.24, 2.45) is 0 Å². The van der Waals surface area contributed by atoms with Crippen LogP contribution in [0.2, 0.25) is 10.0 Å². The molecule has 24 heavy (non-hydrogen) atoms. The van der Waals surface area contributed by atoms with Crippen LogP contribution >= 0.6 is 23.2 Å². The van der Waals surface area contributed by atoms with Crippen LogP contribution in [0, 0.1) is 0 Å². The number of benzene rings is 2. The Balaban J connectivity index is 2.02. The first-order valence-electron chi connectivity index (χ1n) is 7.34. The number of nitrogens with one attached hydrogen (secondary N) is 1. The fourth-order valence-electron chi connectivity index (χ4n) is 2.86. The van der Waals surface area contributed by atoms with Gasteiger partial charge in [0.05, 0.1) is 16.5 Å². The van der Waals surface area contributed by atoms with E-state index in [0.29, 0.717) is 51.0 Å². The summed E-state index contributed by atoms with van der Waals surface area (Å²) < 4.78 is 1.14. The summed E-state index contributed by atoms with van der Waals surface area (Å²) in [6, 6.07) is 9.75. The summed E-state index contributed by atoms with van der Waals surface area (Å²) in [7, 11) is 0. The van der Waals surface area contributed by atoms with E-state index in [1.165, 1.54) is 0 Å². The maximum Gasteiger partial charge on any atom is 0.268 e. The molecule has 0 unspecified atom stereocenters. The van der Waals surface area contributed by atoms with E-state index in [1.54, 1.807) is 36.4 Å². The monoisotopic (exact) mass is 359 g/mol. The van der Waals surface area contributed by atoms with Gasteiger partial charge in [-0.2, -0.15) is 0 Å². The Bertz CT molecular complexity index is 1060. The summed E-state index contributed by atoms with van der Waals surface area (Å²) in [5, 5.41) is 4.55. The Hall–Kier alpha value is -2.37. The minimum absolute atomic E-state index is 0.362. The van der Waals surface area contributed by atoms with Crippen molar-refractivity contribution in [3.63, 3.8) is 0 Å². The molecular weight excluding hydrogens is 349 g/mol. The van der Waals surface area contributed by atoms with E-state index in [1.807, 2.05) is 0 Å². The van der Waals surface area contributed by atoms with E-state index in [0.717, 1.165) is 4.57 Å². The number of halogens is 2. The molecule has 5 nitrogen and oxygen atoms in total. The summed E-state index contributed by atoms with van der Waals surface area (Å²) in [5.74, 6) is -0.00826. The number of aromatic nitrogens is 2. The third-order valence-corrected chi connectivity index (χ3v) is 4.45. The molecule has 0 radical (unpaired) electrons. The zero-order valence-corrected chi connectivity index (χ0v) is 13.9. The number of hydrogen-bond donors (Lipinski definition) is 1. The normalized spacial score (nSPS) is 13.7. The molecule has 1 aromatic heterocycles. The van der Waals surface area contributed by atoms with Crippen LogP contribution < -0.4 is 10.9 Å². The van der Waals surface area contributed by atoms with Gasteiger partial charge in [-0.05, 0) is 36.4 Å². The zero-order valence-electron chi connectivity index (χ0n) is 12.3. The largest absolute Gasteiger partial charge is 0.384 e. The van der Waals surface area contributed by atoms with Crippen LogP contribution in [0.4, 0.5) is 5.69 Å². The number of nitrogens with zero attached hydrogens (tertiary/aromatic N) is 2. The number of anilines is 1. The van der Waals surface area contributed by atoms with Crippen LogP contribution in [0.15, 0.2) is 41.2 Å². The van der Waals surface area contributed by atoms with Gasteiger partial charge in [0.25, 0.3) is 11.5 Å². The molecule has 0 amide bonds. The Morgan fingerprint density at radius 1 is 1.04 bits per heavy atom. The SMILES string of the molecule is O=C1c2ccc(Cl)cc2NCCc2nc3cc(Cl)ccc3c(=O)n21. The molecule has 1 aliphatic heterocycles. The van der Waals surface area contributed by atoms with Gasteiger partial charge in [-0.15, -0.1) is 0 Å². The lowest BCUT2D eigenvalue weighted by molar-refractivity contribution is 0.0952. The zero-order chi connectivity index (χ0) is 16.8. The molecule has 0 fully saturated rings. The molecule has 0 aliphatic carbocycles. The average molecular weight is 360 g/mol. The summed E-state index contributed by atoms with van der Waals surface area (Å²) in [5.41, 5.74) is 1.10. The van der Waals surface area contributed by atoms with Crippen LogP contribution in [0.5, 0.6) is 0 Å². The minimum Gasteiger partial charge on any atom is -0.384 e. The fourth-order valence-corrected chi connectivity index (χ4v) is 3.20. The second kappa shape index (κ2) is 5.61. The first kappa shape index (κ1) is 15.2. The quantitative estimate of drug-likeness (QED) is 0.668. The van der Waals surface area contributed by atoms with Crippen LogP contribution in [-0.2, 0) is 6.42 Å². The second-order valence-electron chi connectivity index (χ2n) is 5.50. The van der Waals surface area contributed by atoms with Crippen molar-refractivity contribution in [3.8, 4) is 0 Å². The fraction of sp³-hybridized carbons (Fsp3) is 0.118. The van der Waals surface area contributed by atoms with Gasteiger partial charge < -0.3 is 5.32 Å². The summed E-state index contributed by atoms with van der Waals surface area (Å²) in [6.45, 7) is 0.527. The lowest BCUT2D eigenvalue weighted by Crippen LogP contribution is -2.34. The average Bonchev–Trinajstić information content (AvgIpc) is 2.53. The molecule has 2 aromatic carbocycles. The van der Waals surface area contributed by atoms with Crippen molar-refractivity contribution in [1.29, 1.82) is 0 Å². The van der Waals surface area contributed by atoms with Crippen molar-refractivity contribution in [2.75, 3.05) is 11.9 Å². The molecule has 120 valence electrons. The Kier molecular flexibility index (Phi) is 3.55. The molecule has 0 atom stereocenters. The molecule has 3 aromatic rings. The Morgan fingerprint density at radius 2 is 1.79 bits per heavy atom. The van der Waals surface area contributed by atoms with Crippen molar-refractivity contribution < 1.29 is 4.79 Å². The van der Waals surface area contributed by atoms with E-state index in [4.69, 9.17) is 23.2 Å². The molecule has 0 saturated carbocycles. The van der Waals surface area contributed by atoms with Gasteiger partial charge in [-0.3, -0.25) is 9.59 Å². The van der Waals surface area contributed by atoms with Crippen LogP contribution in [0.1, 0.15) is 16.2 Å². The molecule has 7 heteroatoms. The van der Waals surface area contributed by atoms with E-state index in [9.17, 15) is 9.59 Å². The van der Waals surface area contributed by atoms with E-state index >= 15 is 0 Å². The third kappa shape index (κ3) is 2.37. The number of carbonyl (C=O) groups is 1. The highest BCUT2D eigenvalue weighted by atomic mass is 35.5. The van der Waals surface area contributed by atoms with Crippen LogP contribution in [0.25, 0.3) is 10.9 Å². The number of rotatable bonds is 0. The van der Waals surface area contributed by atoms with Crippen molar-refractivity contribution >= 4 is 45.7 Å². The number of fused-ring (bicyclic) bond motifs is 3. The highest BCUT2D eigenvalue weighted by Gasteiger charge is 2.23. The maximum absolute atomic E-state index is 12.9. The molecule has 0 saturated heterocycles. The minimum atomic E-state index is -0.418. The smallest absolute Gasteiger partial charge is 0.268 e. The Labute approximate surface area is 146 Å². The van der Waals surface area contributed by atoms with E-state index in [-0.39, 0.29) is 5.56 Å². The predicted molar refractivity (Wildman–Crippen MR) is 94.4 cm³/mol. The van der Waals surface area contributed by atoms with Gasteiger partial charge in [-0.25, -0.2) is 9.55 Å². The number of hydrogen-bond acceptors (Lipinski definition) is 4. The maximum atomic E-state index is 12.9. The van der Waals surface area contributed by atoms with Crippen LogP contribution in [0.3, 0.4) is 0 Å². The molecule has 1 aliphatic rings. The lowest BCUT2D eigenvalue weighted by Gasteiger charge is -2.19. The summed E-state index contributed by atoms with van der Waals surface area (Å²) in [6.07, 6.45) is 0.426. The van der Waals surface area contributed by atoms with E-state index in [2.05, 4.69) is 10.3 Å². The molecule has 1 N–H and O–H groups in total. The highest BCUT2D eigenvalue weighted by Crippen LogP contribution is 2.24. The van der Waals surface area contributed by atoms with Crippen molar-refractivity contribution in [1.82, 2.24) is 9.55 Å². The molecular formula is C17H11Cl2N3O2. The Morgan fingerprint density at radius 3 is 2.62 bits per heavy atom. The van der Waals surface area contributed by atoms with Gasteiger partial charge in [0.1, 0.15) is 5.82 Å². The van der Waals surface area contributed by atoms with Crippen molar-refractivity contribution in [2.45, 2.75) is 6.42 Å². The summed E-state index contributed by atoms with van der Waals surface area (Å²) >= 11 is 12.0. The third-order valence-electron chi connectivity index (χ3n) is 3.98. The standard InChI is InChI=1S/C17H11Cl2N3O2/c18-9-1-3-11-13(7-9)20-6-5-15-21-14-8-10(19)2-4-12(14)17(24)22(15)16(11)23/h1-4,7-8,20H,5-6H2. The lowest BCUT2D eigenvalue weighted by atomic mass is 10.1. The van der Waals surface area contributed by atoms with Gasteiger partial charge in [0.2, 0.25) is 0 Å². The molecule has 4 rings (SSSR count). The predicted octanol–water partition coefficient (Wildman–Crippen LogP) is 3.36. The van der Waals surface area contributed by atoms with Gasteiger partial charge >= 0.3 is 0 Å². The van der Waals surface area contributed by atoms with Gasteiger partial charge in [0.15, 0.2) is 0 Å². The number of carbonyl (C=O) groups excluding carboxylic acids is 1. The molecule has 0 spiro atoms. The topological polar surface area (TPSA) is 64.0 Å². The van der Waals surface area contributed by atoms with Crippen LogP contribution in [-0.4, -0.2) is 22.0 Å². The highest BCUT2D eigenvalue weighted by molar-refractivity contribution is 6.31. The van der Waals surface area contributed by atoms with Crippen molar-refractivity contribution in [3.05, 3.63) is 68.2 Å². The molecule has 2 heterocycles. The summed E-state index contributed by atoms with van der Waals surface area (Å²) in [4.78, 5) is 30.3.